The second-order valence-electron chi connectivity index (χ2n) is 7.10. The first kappa shape index (κ1) is 14.3. The lowest BCUT2D eigenvalue weighted by molar-refractivity contribution is 0.0300. The van der Waals surface area contributed by atoms with Crippen molar-refractivity contribution in [2.24, 2.45) is 0 Å². The van der Waals surface area contributed by atoms with E-state index in [4.69, 9.17) is 21.1 Å². The Balaban J connectivity index is 1.41. The van der Waals surface area contributed by atoms with Crippen LogP contribution in [0.5, 0.6) is 0 Å². The zero-order valence-electron chi connectivity index (χ0n) is 13.0. The third kappa shape index (κ3) is 2.57. The lowest BCUT2D eigenvalue weighted by atomic mass is 10.2. The first-order valence-electron chi connectivity index (χ1n) is 8.58. The summed E-state index contributed by atoms with van der Waals surface area (Å²) >= 11 is 6.35. The minimum atomic E-state index is 0.334. The average molecular weight is 337 g/mol. The van der Waals surface area contributed by atoms with Crippen molar-refractivity contribution in [3.63, 3.8) is 0 Å². The fourth-order valence-electron chi connectivity index (χ4n) is 4.35. The van der Waals surface area contributed by atoms with Gasteiger partial charge in [0.15, 0.2) is 11.0 Å². The number of hydrogen-bond acceptors (Lipinski definition) is 6. The molecule has 5 heterocycles. The zero-order valence-corrected chi connectivity index (χ0v) is 13.8. The molecule has 4 fully saturated rings. The molecule has 23 heavy (non-hydrogen) atoms. The van der Waals surface area contributed by atoms with Crippen molar-refractivity contribution in [3.8, 4) is 0 Å². The predicted octanol–water partition coefficient (Wildman–Crippen LogP) is 1.87. The van der Waals surface area contributed by atoms with Gasteiger partial charge in [-0.3, -0.25) is 0 Å². The van der Waals surface area contributed by atoms with E-state index in [1.54, 1.807) is 0 Å². The Morgan fingerprint density at radius 2 is 1.35 bits per heavy atom. The largest absolute Gasteiger partial charge is 0.371 e. The van der Waals surface area contributed by atoms with Gasteiger partial charge in [0.2, 0.25) is 0 Å². The molecule has 4 aliphatic rings. The highest BCUT2D eigenvalue weighted by atomic mass is 35.5. The molecule has 4 saturated heterocycles. The molecular weight excluding hydrogens is 316 g/mol. The van der Waals surface area contributed by atoms with Crippen LogP contribution in [0.2, 0.25) is 5.15 Å². The van der Waals surface area contributed by atoms with Gasteiger partial charge < -0.3 is 19.3 Å². The summed E-state index contributed by atoms with van der Waals surface area (Å²) in [6.45, 7) is 3.60. The fraction of sp³-hybridized carbons (Fsp3) is 0.750. The van der Waals surface area contributed by atoms with E-state index in [0.717, 1.165) is 63.4 Å². The molecule has 0 aromatic carbocycles. The van der Waals surface area contributed by atoms with Crippen molar-refractivity contribution in [3.05, 3.63) is 11.2 Å². The minimum absolute atomic E-state index is 0.334. The summed E-state index contributed by atoms with van der Waals surface area (Å²) in [7, 11) is 0. The van der Waals surface area contributed by atoms with Crippen molar-refractivity contribution >= 4 is 23.1 Å². The smallest absolute Gasteiger partial charge is 0.175 e. The first-order chi connectivity index (χ1) is 11.2. The van der Waals surface area contributed by atoms with Crippen LogP contribution in [-0.4, -0.2) is 60.8 Å². The highest BCUT2D eigenvalue weighted by Gasteiger charge is 2.36. The quantitative estimate of drug-likeness (QED) is 0.821. The molecular formula is C16H21ClN4O2. The molecule has 0 amide bonds. The Hall–Kier alpha value is -1.11. The van der Waals surface area contributed by atoms with Gasteiger partial charge in [0.1, 0.15) is 0 Å². The van der Waals surface area contributed by atoms with Crippen molar-refractivity contribution in [1.82, 2.24) is 10.2 Å². The second kappa shape index (κ2) is 5.46. The van der Waals surface area contributed by atoms with Crippen molar-refractivity contribution < 1.29 is 9.47 Å². The van der Waals surface area contributed by atoms with Crippen LogP contribution in [0.4, 0.5) is 11.5 Å². The van der Waals surface area contributed by atoms with Gasteiger partial charge in [0.05, 0.1) is 30.1 Å². The second-order valence-corrected chi connectivity index (χ2v) is 7.46. The van der Waals surface area contributed by atoms with E-state index in [0.29, 0.717) is 29.6 Å². The number of ether oxygens (including phenoxy) is 2. The predicted molar refractivity (Wildman–Crippen MR) is 87.3 cm³/mol. The third-order valence-electron chi connectivity index (χ3n) is 5.47. The molecule has 7 heteroatoms. The summed E-state index contributed by atoms with van der Waals surface area (Å²) in [4.78, 5) is 4.62. The molecule has 124 valence electrons. The lowest BCUT2D eigenvalue weighted by Gasteiger charge is -2.36. The number of nitrogens with zero attached hydrogens (tertiary/aromatic N) is 4. The van der Waals surface area contributed by atoms with E-state index < -0.39 is 0 Å². The van der Waals surface area contributed by atoms with E-state index in [-0.39, 0.29) is 0 Å². The minimum Gasteiger partial charge on any atom is -0.371 e. The number of aromatic nitrogens is 2. The molecule has 4 aliphatic heterocycles. The molecule has 1 aromatic rings. The van der Waals surface area contributed by atoms with E-state index in [1.807, 2.05) is 0 Å². The van der Waals surface area contributed by atoms with Crippen molar-refractivity contribution in [2.75, 3.05) is 36.0 Å². The van der Waals surface area contributed by atoms with E-state index in [2.05, 4.69) is 26.1 Å². The Morgan fingerprint density at radius 1 is 0.826 bits per heavy atom. The normalized spacial score (nSPS) is 35.9. The highest BCUT2D eigenvalue weighted by Crippen LogP contribution is 2.35. The van der Waals surface area contributed by atoms with Crippen LogP contribution < -0.4 is 9.80 Å². The number of fused-ring (bicyclic) bond motifs is 4. The van der Waals surface area contributed by atoms with Gasteiger partial charge in [-0.25, -0.2) is 0 Å². The Morgan fingerprint density at radius 3 is 1.91 bits per heavy atom. The molecule has 0 spiro atoms. The molecule has 4 unspecified atom stereocenters. The Bertz CT molecular complexity index is 592. The highest BCUT2D eigenvalue weighted by molar-refractivity contribution is 6.32. The van der Waals surface area contributed by atoms with Gasteiger partial charge in [-0.15, -0.1) is 10.2 Å². The molecule has 1 aromatic heterocycles. The van der Waals surface area contributed by atoms with Crippen LogP contribution >= 0.6 is 11.6 Å². The van der Waals surface area contributed by atoms with Gasteiger partial charge in [0.25, 0.3) is 0 Å². The standard InChI is InChI=1S/C16H21ClN4O2/c17-16-14(20-6-10-1-2-11(7-20)22-10)5-15(18-19-16)21-8-12-3-4-13(9-21)23-12/h5,10-13H,1-4,6-9H2. The number of halogens is 1. The summed E-state index contributed by atoms with van der Waals surface area (Å²) in [6.07, 6.45) is 5.96. The van der Waals surface area contributed by atoms with Crippen LogP contribution in [0, 0.1) is 0 Å². The number of rotatable bonds is 2. The lowest BCUT2D eigenvalue weighted by Crippen LogP contribution is -2.44. The summed E-state index contributed by atoms with van der Waals surface area (Å²) in [5.74, 6) is 0.920. The molecule has 4 atom stereocenters. The molecule has 6 nitrogen and oxygen atoms in total. The maximum absolute atomic E-state index is 6.35. The molecule has 0 radical (unpaired) electrons. The number of hydrogen-bond donors (Lipinski definition) is 0. The number of morpholine rings is 2. The number of anilines is 2. The van der Waals surface area contributed by atoms with E-state index in [9.17, 15) is 0 Å². The summed E-state index contributed by atoms with van der Waals surface area (Å²) in [5.41, 5.74) is 0.996. The molecule has 0 N–H and O–H groups in total. The molecule has 0 aliphatic carbocycles. The van der Waals surface area contributed by atoms with Crippen LogP contribution in [0.15, 0.2) is 6.07 Å². The maximum atomic E-state index is 6.35. The average Bonchev–Trinajstić information content (AvgIpc) is 3.08. The Labute approximate surface area is 140 Å². The summed E-state index contributed by atoms with van der Waals surface area (Å²) < 4.78 is 11.8. The molecule has 5 rings (SSSR count). The van der Waals surface area contributed by atoms with Crippen molar-refractivity contribution in [2.45, 2.75) is 50.1 Å². The van der Waals surface area contributed by atoms with Crippen LogP contribution in [-0.2, 0) is 9.47 Å². The van der Waals surface area contributed by atoms with Crippen LogP contribution in [0.1, 0.15) is 25.7 Å². The summed E-state index contributed by atoms with van der Waals surface area (Å²) in [5, 5.41) is 9.05. The topological polar surface area (TPSA) is 50.7 Å². The van der Waals surface area contributed by atoms with E-state index in [1.165, 1.54) is 0 Å². The van der Waals surface area contributed by atoms with Gasteiger partial charge >= 0.3 is 0 Å². The van der Waals surface area contributed by atoms with Crippen LogP contribution in [0.3, 0.4) is 0 Å². The third-order valence-corrected chi connectivity index (χ3v) is 5.74. The maximum Gasteiger partial charge on any atom is 0.175 e. The Kier molecular flexibility index (Phi) is 3.39. The van der Waals surface area contributed by atoms with Gasteiger partial charge in [-0.2, -0.15) is 0 Å². The zero-order chi connectivity index (χ0) is 15.4. The fourth-order valence-corrected chi connectivity index (χ4v) is 4.56. The van der Waals surface area contributed by atoms with E-state index >= 15 is 0 Å². The first-order valence-corrected chi connectivity index (χ1v) is 8.96. The SMILES string of the molecule is Clc1nnc(N2CC3CCC(C2)O3)cc1N1CC2CCC(C1)O2. The summed E-state index contributed by atoms with van der Waals surface area (Å²) in [6, 6.07) is 2.10. The monoisotopic (exact) mass is 336 g/mol. The van der Waals surface area contributed by atoms with Gasteiger partial charge in [0, 0.05) is 32.2 Å². The van der Waals surface area contributed by atoms with Crippen molar-refractivity contribution in [1.29, 1.82) is 0 Å². The molecule has 4 bridgehead atoms. The van der Waals surface area contributed by atoms with Gasteiger partial charge in [-0.05, 0) is 25.7 Å². The van der Waals surface area contributed by atoms with Gasteiger partial charge in [-0.1, -0.05) is 11.6 Å². The molecule has 0 saturated carbocycles. The van der Waals surface area contributed by atoms with Crippen LogP contribution in [0.25, 0.3) is 0 Å².